The van der Waals surface area contributed by atoms with Crippen molar-refractivity contribution < 1.29 is 32.6 Å². The van der Waals surface area contributed by atoms with E-state index >= 15 is 0 Å². The van der Waals surface area contributed by atoms with Crippen LogP contribution in [-0.2, 0) is 18.6 Å². The van der Waals surface area contributed by atoms with Crippen LogP contribution in [0.2, 0.25) is 0 Å². The SMILES string of the molecule is Cn1c(SCCCN2C[C@@H]3C[C@]3(c3ccc(C(F)(F)F)cc3)C2)nnc1-c1ccc(S(F)(F)(F)(F)F)cc1. The van der Waals surface area contributed by atoms with E-state index in [0.717, 1.165) is 62.3 Å². The summed E-state index contributed by atoms with van der Waals surface area (Å²) in [6.07, 6.45) is -2.55. The second-order valence-corrected chi connectivity index (χ2v) is 13.4. The van der Waals surface area contributed by atoms with Crippen LogP contribution in [0.4, 0.5) is 32.6 Å². The number of hydrogen-bond acceptors (Lipinski definition) is 4. The molecule has 4 nitrogen and oxygen atoms in total. The van der Waals surface area contributed by atoms with E-state index in [-0.39, 0.29) is 16.8 Å². The lowest BCUT2D eigenvalue weighted by Crippen LogP contribution is -2.28. The van der Waals surface area contributed by atoms with E-state index in [1.807, 2.05) is 0 Å². The molecular formula is C24H24F8N4S2. The second-order valence-electron chi connectivity index (χ2n) is 9.93. The number of benzene rings is 2. The molecule has 14 heteroatoms. The highest BCUT2D eigenvalue weighted by Gasteiger charge is 2.65. The van der Waals surface area contributed by atoms with Crippen LogP contribution >= 0.6 is 22.0 Å². The molecule has 1 saturated heterocycles. The normalized spacial score (nSPS) is 23.7. The Kier molecular flexibility index (Phi) is 5.98. The van der Waals surface area contributed by atoms with Gasteiger partial charge in [-0.3, -0.25) is 0 Å². The van der Waals surface area contributed by atoms with E-state index in [4.69, 9.17) is 0 Å². The molecule has 1 saturated carbocycles. The van der Waals surface area contributed by atoms with E-state index in [1.54, 1.807) is 23.7 Å². The predicted octanol–water partition coefficient (Wildman–Crippen LogP) is 7.91. The summed E-state index contributed by atoms with van der Waals surface area (Å²) in [5.41, 5.74) is 0.480. The number of nitrogens with zero attached hydrogens (tertiary/aromatic N) is 4. The predicted molar refractivity (Wildman–Crippen MR) is 131 cm³/mol. The van der Waals surface area contributed by atoms with Gasteiger partial charge in [-0.1, -0.05) is 43.3 Å². The minimum atomic E-state index is -9.74. The van der Waals surface area contributed by atoms with Crippen molar-refractivity contribution in [3.63, 3.8) is 0 Å². The number of likely N-dealkylation sites (tertiary alicyclic amines) is 1. The van der Waals surface area contributed by atoms with Gasteiger partial charge in [0.05, 0.1) is 5.56 Å². The minimum Gasteiger partial charge on any atom is -0.305 e. The van der Waals surface area contributed by atoms with Crippen molar-refractivity contribution in [2.45, 2.75) is 34.5 Å². The van der Waals surface area contributed by atoms with Gasteiger partial charge in [-0.2, -0.15) is 13.2 Å². The fraction of sp³-hybridized carbons (Fsp3) is 0.417. The van der Waals surface area contributed by atoms with E-state index in [2.05, 4.69) is 15.1 Å². The molecule has 2 aromatic carbocycles. The summed E-state index contributed by atoms with van der Waals surface area (Å²) in [5, 5.41) is 8.62. The van der Waals surface area contributed by atoms with Gasteiger partial charge in [0, 0.05) is 36.9 Å². The van der Waals surface area contributed by atoms with Crippen molar-refractivity contribution in [1.29, 1.82) is 0 Å². The van der Waals surface area contributed by atoms with Gasteiger partial charge in [-0.05, 0) is 67.3 Å². The van der Waals surface area contributed by atoms with Gasteiger partial charge in [-0.25, -0.2) is 0 Å². The summed E-state index contributed by atoms with van der Waals surface area (Å²) < 4.78 is 105. The zero-order valence-corrected chi connectivity index (χ0v) is 21.7. The maximum atomic E-state index is 13.0. The minimum absolute atomic E-state index is 0.0663. The summed E-state index contributed by atoms with van der Waals surface area (Å²) in [4.78, 5) is 0.361. The number of hydrogen-bond donors (Lipinski definition) is 0. The average molecular weight is 585 g/mol. The Morgan fingerprint density at radius 2 is 1.63 bits per heavy atom. The lowest BCUT2D eigenvalue weighted by Gasteiger charge is -2.40. The monoisotopic (exact) mass is 584 g/mol. The fourth-order valence-corrected chi connectivity index (χ4v) is 6.69. The molecule has 1 aromatic heterocycles. The number of rotatable bonds is 8. The van der Waals surface area contributed by atoms with Crippen molar-refractivity contribution in [3.05, 3.63) is 59.7 Å². The fourth-order valence-electron chi connectivity index (χ4n) is 5.20. The van der Waals surface area contributed by atoms with Crippen LogP contribution in [0.15, 0.2) is 58.6 Å². The second kappa shape index (κ2) is 8.34. The third kappa shape index (κ3) is 5.39. The highest BCUT2D eigenvalue weighted by atomic mass is 32.5. The molecular weight excluding hydrogens is 560 g/mol. The first kappa shape index (κ1) is 27.3. The van der Waals surface area contributed by atoms with E-state index in [9.17, 15) is 32.6 Å². The highest BCUT2D eigenvalue weighted by molar-refractivity contribution is 8.45. The smallest absolute Gasteiger partial charge is 0.305 e. The third-order valence-corrected chi connectivity index (χ3v) is 9.52. The Morgan fingerprint density at radius 3 is 2.24 bits per heavy atom. The molecule has 0 radical (unpaired) electrons. The quantitative estimate of drug-likeness (QED) is 0.153. The Hall–Kier alpha value is -2.32. The van der Waals surface area contributed by atoms with Crippen molar-refractivity contribution in [2.24, 2.45) is 13.0 Å². The molecule has 2 aliphatic rings. The number of aromatic nitrogens is 3. The zero-order chi connectivity index (χ0) is 27.6. The van der Waals surface area contributed by atoms with Crippen molar-refractivity contribution in [2.75, 3.05) is 25.4 Å². The molecule has 208 valence electrons. The summed E-state index contributed by atoms with van der Waals surface area (Å²) in [7, 11) is -8.09. The molecule has 5 rings (SSSR count). The van der Waals surface area contributed by atoms with Gasteiger partial charge in [0.25, 0.3) is 0 Å². The molecule has 0 amide bonds. The van der Waals surface area contributed by atoms with Gasteiger partial charge in [0.15, 0.2) is 11.0 Å². The maximum Gasteiger partial charge on any atom is 0.416 e. The van der Waals surface area contributed by atoms with Crippen LogP contribution in [0.1, 0.15) is 24.0 Å². The summed E-state index contributed by atoms with van der Waals surface area (Å²) in [6, 6.07) is 8.11. The lowest BCUT2D eigenvalue weighted by atomic mass is 9.94. The summed E-state index contributed by atoms with van der Waals surface area (Å²) in [6.45, 7) is 2.51. The Balaban J connectivity index is 1.13. The largest absolute Gasteiger partial charge is 0.416 e. The zero-order valence-electron chi connectivity index (χ0n) is 20.1. The Labute approximate surface area is 218 Å². The van der Waals surface area contributed by atoms with Crippen LogP contribution in [0.5, 0.6) is 0 Å². The lowest BCUT2D eigenvalue weighted by molar-refractivity contribution is -0.137. The first-order valence-electron chi connectivity index (χ1n) is 11.7. The Morgan fingerprint density at radius 1 is 0.974 bits per heavy atom. The maximum absolute atomic E-state index is 13.0. The van der Waals surface area contributed by atoms with Gasteiger partial charge in [0.2, 0.25) is 0 Å². The van der Waals surface area contributed by atoms with E-state index in [1.165, 1.54) is 11.8 Å². The van der Waals surface area contributed by atoms with Crippen molar-refractivity contribution >= 4 is 22.0 Å². The molecule has 0 bridgehead atoms. The molecule has 0 unspecified atom stereocenters. The van der Waals surface area contributed by atoms with Gasteiger partial charge in [0.1, 0.15) is 4.90 Å². The molecule has 2 heterocycles. The number of halogens is 8. The molecule has 1 aliphatic heterocycles. The van der Waals surface area contributed by atoms with Crippen molar-refractivity contribution in [1.82, 2.24) is 19.7 Å². The molecule has 0 N–H and O–H groups in total. The van der Waals surface area contributed by atoms with Gasteiger partial charge >= 0.3 is 16.4 Å². The molecule has 2 atom stereocenters. The number of piperidine rings is 1. The van der Waals surface area contributed by atoms with Gasteiger partial charge in [-0.15, -0.1) is 10.2 Å². The molecule has 0 spiro atoms. The third-order valence-electron chi connectivity index (χ3n) is 7.25. The highest BCUT2D eigenvalue weighted by Crippen LogP contribution is 3.02. The molecule has 2 fully saturated rings. The summed E-state index contributed by atoms with van der Waals surface area (Å²) in [5.74, 6) is 1.40. The molecule has 1 aliphatic carbocycles. The molecule has 3 aromatic rings. The number of fused-ring (bicyclic) bond motifs is 1. The Bertz CT molecular complexity index is 1340. The molecule has 38 heavy (non-hydrogen) atoms. The average Bonchev–Trinajstić information content (AvgIpc) is 3.19. The standard InChI is InChI=1S/C24H24F8N4S2/c1-35-21(16-3-9-20(10-4-16)38(28,29,30,31)32)33-34-22(35)37-12-2-11-36-14-19-13-23(19,15-36)17-5-7-18(8-6-17)24(25,26)27/h3-10,19H,2,11-15H2,1H3/t19-,23+/m0/s1. The first-order valence-corrected chi connectivity index (χ1v) is 14.7. The van der Waals surface area contributed by atoms with Crippen LogP contribution in [0, 0.1) is 5.92 Å². The van der Waals surface area contributed by atoms with Crippen molar-refractivity contribution in [3.8, 4) is 11.4 Å². The topological polar surface area (TPSA) is 34.0 Å². The first-order chi connectivity index (χ1) is 17.5. The summed E-state index contributed by atoms with van der Waals surface area (Å²) >= 11 is 1.43. The number of alkyl halides is 3. The number of thioether (sulfide) groups is 1. The van der Waals surface area contributed by atoms with Crippen LogP contribution in [0.3, 0.4) is 0 Å². The van der Waals surface area contributed by atoms with Crippen LogP contribution in [0.25, 0.3) is 11.4 Å². The van der Waals surface area contributed by atoms with Crippen LogP contribution in [-0.4, -0.2) is 45.1 Å². The van der Waals surface area contributed by atoms with E-state index in [0.29, 0.717) is 29.0 Å². The van der Waals surface area contributed by atoms with Gasteiger partial charge < -0.3 is 9.47 Å². The van der Waals surface area contributed by atoms with E-state index < -0.39 is 26.9 Å². The van der Waals surface area contributed by atoms with Crippen LogP contribution < -0.4 is 0 Å².